The van der Waals surface area contributed by atoms with Crippen LogP contribution in [0.2, 0.25) is 0 Å². The molecule has 2 saturated carbocycles. The maximum atomic E-state index is 6.00. The summed E-state index contributed by atoms with van der Waals surface area (Å²) in [5.74, 6) is 2.36. The Kier molecular flexibility index (Phi) is 2.56. The summed E-state index contributed by atoms with van der Waals surface area (Å²) < 4.78 is 0. The number of aliphatic imine (C=N–C) groups is 1. The third-order valence-electron chi connectivity index (χ3n) is 3.41. The van der Waals surface area contributed by atoms with Crippen LogP contribution >= 0.6 is 0 Å². The van der Waals surface area contributed by atoms with Gasteiger partial charge >= 0.3 is 0 Å². The fraction of sp³-hybridized carbons (Fsp3) is 0.909. The van der Waals surface area contributed by atoms with E-state index in [-0.39, 0.29) is 0 Å². The summed E-state index contributed by atoms with van der Waals surface area (Å²) >= 11 is 0. The zero-order chi connectivity index (χ0) is 9.26. The van der Waals surface area contributed by atoms with Gasteiger partial charge in [0.2, 0.25) is 0 Å². The molecule has 2 rings (SSSR count). The molecule has 0 aromatic rings. The van der Waals surface area contributed by atoms with Crippen LogP contribution in [0.3, 0.4) is 0 Å². The van der Waals surface area contributed by atoms with Crippen molar-refractivity contribution in [3.8, 4) is 0 Å². The molecule has 2 atom stereocenters. The van der Waals surface area contributed by atoms with Gasteiger partial charge in [0.25, 0.3) is 0 Å². The smallest absolute Gasteiger partial charge is 0.0971 e. The van der Waals surface area contributed by atoms with E-state index in [4.69, 9.17) is 5.73 Å². The van der Waals surface area contributed by atoms with Gasteiger partial charge in [-0.1, -0.05) is 26.2 Å². The van der Waals surface area contributed by atoms with Crippen LogP contribution in [0.5, 0.6) is 0 Å². The lowest BCUT2D eigenvalue weighted by molar-refractivity contribution is 0.436. The topological polar surface area (TPSA) is 38.4 Å². The maximum absolute atomic E-state index is 6.00. The average molecular weight is 180 g/mol. The second-order valence-corrected chi connectivity index (χ2v) is 4.67. The Bertz CT molecular complexity index is 204. The first-order valence-electron chi connectivity index (χ1n) is 5.60. The van der Waals surface area contributed by atoms with Gasteiger partial charge in [-0.25, -0.2) is 0 Å². The van der Waals surface area contributed by atoms with Crippen molar-refractivity contribution in [1.29, 1.82) is 0 Å². The van der Waals surface area contributed by atoms with E-state index in [9.17, 15) is 0 Å². The molecule has 74 valence electrons. The lowest BCUT2D eigenvalue weighted by Gasteiger charge is -2.20. The van der Waals surface area contributed by atoms with Crippen molar-refractivity contribution in [2.75, 3.05) is 0 Å². The van der Waals surface area contributed by atoms with Crippen LogP contribution in [0, 0.1) is 11.8 Å². The Hall–Kier alpha value is -0.530. The summed E-state index contributed by atoms with van der Waals surface area (Å²) in [6, 6.07) is 0.571. The molecule has 2 heteroatoms. The van der Waals surface area contributed by atoms with Crippen LogP contribution in [0.1, 0.15) is 45.4 Å². The summed E-state index contributed by atoms with van der Waals surface area (Å²) in [5.41, 5.74) is 6.00. The van der Waals surface area contributed by atoms with Gasteiger partial charge in [0.1, 0.15) is 0 Å². The Labute approximate surface area is 80.6 Å². The second kappa shape index (κ2) is 3.69. The quantitative estimate of drug-likeness (QED) is 0.514. The van der Waals surface area contributed by atoms with Crippen molar-refractivity contribution < 1.29 is 0 Å². The van der Waals surface area contributed by atoms with Crippen molar-refractivity contribution in [3.05, 3.63) is 0 Å². The fourth-order valence-electron chi connectivity index (χ4n) is 2.18. The first kappa shape index (κ1) is 9.04. The Balaban J connectivity index is 1.87. The molecule has 0 aromatic carbocycles. The van der Waals surface area contributed by atoms with Gasteiger partial charge in [-0.05, 0) is 25.2 Å². The predicted octanol–water partition coefficient (Wildman–Crippen LogP) is 2.33. The zero-order valence-corrected chi connectivity index (χ0v) is 8.50. The molecule has 0 saturated heterocycles. The molecule has 2 aliphatic carbocycles. The normalized spacial score (nSPS) is 36.2. The molecule has 0 bridgehead atoms. The molecule has 2 fully saturated rings. The first-order valence-corrected chi connectivity index (χ1v) is 5.60. The lowest BCUT2D eigenvalue weighted by atomic mass is 9.88. The third kappa shape index (κ3) is 2.23. The molecule has 0 spiro atoms. The number of hydrogen-bond acceptors (Lipinski definition) is 1. The highest BCUT2D eigenvalue weighted by molar-refractivity contribution is 5.83. The first-order chi connectivity index (χ1) is 6.27. The van der Waals surface area contributed by atoms with Gasteiger partial charge in [-0.15, -0.1) is 0 Å². The van der Waals surface area contributed by atoms with Crippen LogP contribution in [-0.2, 0) is 0 Å². The number of nitrogens with two attached hydrogens (primary N) is 1. The second-order valence-electron chi connectivity index (χ2n) is 4.67. The average Bonchev–Trinajstić information content (AvgIpc) is 2.83. The van der Waals surface area contributed by atoms with E-state index in [1.54, 1.807) is 0 Å². The Morgan fingerprint density at radius 1 is 1.23 bits per heavy atom. The number of rotatable bonds is 2. The third-order valence-corrected chi connectivity index (χ3v) is 3.41. The molecular weight excluding hydrogens is 160 g/mol. The van der Waals surface area contributed by atoms with Crippen LogP contribution in [0.25, 0.3) is 0 Å². The lowest BCUT2D eigenvalue weighted by Crippen LogP contribution is -2.26. The molecule has 0 radical (unpaired) electrons. The van der Waals surface area contributed by atoms with Gasteiger partial charge in [0.05, 0.1) is 11.9 Å². The van der Waals surface area contributed by atoms with Gasteiger partial charge in [0.15, 0.2) is 0 Å². The SMILES string of the molecule is CC1CC1N=C(N)C1CCCCC1. The summed E-state index contributed by atoms with van der Waals surface area (Å²) in [6.45, 7) is 2.25. The van der Waals surface area contributed by atoms with Gasteiger partial charge < -0.3 is 5.73 Å². The molecule has 13 heavy (non-hydrogen) atoms. The van der Waals surface area contributed by atoms with E-state index in [2.05, 4.69) is 11.9 Å². The maximum Gasteiger partial charge on any atom is 0.0971 e. The number of hydrogen-bond donors (Lipinski definition) is 1. The molecule has 0 amide bonds. The molecular formula is C11H20N2. The van der Waals surface area contributed by atoms with Crippen molar-refractivity contribution >= 4 is 5.84 Å². The highest BCUT2D eigenvalue weighted by Gasteiger charge is 2.33. The van der Waals surface area contributed by atoms with E-state index in [1.165, 1.54) is 38.5 Å². The van der Waals surface area contributed by atoms with Crippen molar-refractivity contribution in [3.63, 3.8) is 0 Å². The molecule has 0 aliphatic heterocycles. The minimum absolute atomic E-state index is 0.571. The minimum Gasteiger partial charge on any atom is -0.387 e. The highest BCUT2D eigenvalue weighted by atomic mass is 14.9. The molecule has 0 aromatic heterocycles. The van der Waals surface area contributed by atoms with E-state index in [0.717, 1.165) is 11.8 Å². The van der Waals surface area contributed by atoms with Gasteiger partial charge in [-0.3, -0.25) is 4.99 Å². The van der Waals surface area contributed by atoms with E-state index >= 15 is 0 Å². The van der Waals surface area contributed by atoms with E-state index in [1.807, 2.05) is 0 Å². The standard InChI is InChI=1S/C11H20N2/c1-8-7-10(8)13-11(12)9-5-3-2-4-6-9/h8-10H,2-7H2,1H3,(H2,12,13). The zero-order valence-electron chi connectivity index (χ0n) is 8.50. The highest BCUT2D eigenvalue weighted by Crippen LogP contribution is 2.34. The molecule has 2 aliphatic rings. The Morgan fingerprint density at radius 2 is 1.85 bits per heavy atom. The molecule has 2 unspecified atom stereocenters. The molecule has 0 heterocycles. The fourth-order valence-corrected chi connectivity index (χ4v) is 2.18. The Morgan fingerprint density at radius 3 is 2.38 bits per heavy atom. The number of nitrogens with zero attached hydrogens (tertiary/aromatic N) is 1. The van der Waals surface area contributed by atoms with E-state index in [0.29, 0.717) is 12.0 Å². The predicted molar refractivity (Wildman–Crippen MR) is 55.8 cm³/mol. The largest absolute Gasteiger partial charge is 0.387 e. The van der Waals surface area contributed by atoms with Crippen molar-refractivity contribution in [1.82, 2.24) is 0 Å². The van der Waals surface area contributed by atoms with Crippen LogP contribution in [0.4, 0.5) is 0 Å². The van der Waals surface area contributed by atoms with Gasteiger partial charge in [-0.2, -0.15) is 0 Å². The van der Waals surface area contributed by atoms with E-state index < -0.39 is 0 Å². The monoisotopic (exact) mass is 180 g/mol. The van der Waals surface area contributed by atoms with Crippen LogP contribution in [0.15, 0.2) is 4.99 Å². The summed E-state index contributed by atoms with van der Waals surface area (Å²) in [4.78, 5) is 4.59. The summed E-state index contributed by atoms with van der Waals surface area (Å²) in [7, 11) is 0. The summed E-state index contributed by atoms with van der Waals surface area (Å²) in [5, 5.41) is 0. The number of amidine groups is 1. The minimum atomic E-state index is 0.571. The van der Waals surface area contributed by atoms with Crippen LogP contribution in [-0.4, -0.2) is 11.9 Å². The van der Waals surface area contributed by atoms with Gasteiger partial charge in [0, 0.05) is 5.92 Å². The van der Waals surface area contributed by atoms with Crippen molar-refractivity contribution in [2.24, 2.45) is 22.6 Å². The molecule has 2 nitrogen and oxygen atoms in total. The summed E-state index contributed by atoms with van der Waals surface area (Å²) in [6.07, 6.45) is 7.89. The van der Waals surface area contributed by atoms with Crippen LogP contribution < -0.4 is 5.73 Å². The van der Waals surface area contributed by atoms with Crippen molar-refractivity contribution in [2.45, 2.75) is 51.5 Å². The molecule has 2 N–H and O–H groups in total.